The van der Waals surface area contributed by atoms with E-state index in [0.717, 1.165) is 16.8 Å². The summed E-state index contributed by atoms with van der Waals surface area (Å²) < 4.78 is 10.3. The highest BCUT2D eigenvalue weighted by molar-refractivity contribution is 6.02. The molecule has 0 bridgehead atoms. The maximum absolute atomic E-state index is 12.3. The minimum Gasteiger partial charge on any atom is -0.497 e. The molecule has 0 saturated heterocycles. The molecule has 0 heterocycles. The van der Waals surface area contributed by atoms with Crippen LogP contribution in [0, 0.1) is 13.8 Å². The second-order valence-electron chi connectivity index (χ2n) is 5.56. The van der Waals surface area contributed by atoms with E-state index in [-0.39, 0.29) is 5.91 Å². The summed E-state index contributed by atoms with van der Waals surface area (Å²) in [5.74, 6) is 0.778. The summed E-state index contributed by atoms with van der Waals surface area (Å²) in [6.45, 7) is 5.93. The van der Waals surface area contributed by atoms with Gasteiger partial charge in [-0.2, -0.15) is 5.10 Å². The molecule has 0 aromatic heterocycles. The van der Waals surface area contributed by atoms with Crippen LogP contribution in [0.15, 0.2) is 41.5 Å². The topological polar surface area (TPSA) is 59.9 Å². The Hall–Kier alpha value is -2.82. The smallest absolute Gasteiger partial charge is 0.271 e. The first-order valence-electron chi connectivity index (χ1n) is 7.60. The highest BCUT2D eigenvalue weighted by Gasteiger charge is 2.10. The molecule has 2 aromatic rings. The summed E-state index contributed by atoms with van der Waals surface area (Å²) in [7, 11) is 3.08. The lowest BCUT2D eigenvalue weighted by Crippen LogP contribution is -2.19. The van der Waals surface area contributed by atoms with Crippen LogP contribution in [0.5, 0.6) is 11.5 Å². The Morgan fingerprint density at radius 2 is 1.62 bits per heavy atom. The fourth-order valence-electron chi connectivity index (χ4n) is 2.42. The van der Waals surface area contributed by atoms with E-state index in [1.165, 1.54) is 5.56 Å². The number of nitrogens with zero attached hydrogens (tertiary/aromatic N) is 1. The van der Waals surface area contributed by atoms with E-state index in [1.807, 2.05) is 32.9 Å². The third kappa shape index (κ3) is 4.13. The van der Waals surface area contributed by atoms with Gasteiger partial charge in [-0.3, -0.25) is 4.79 Å². The molecule has 0 unspecified atom stereocenters. The Morgan fingerprint density at radius 3 is 2.17 bits per heavy atom. The Bertz CT molecular complexity index is 760. The van der Waals surface area contributed by atoms with Crippen LogP contribution in [0.1, 0.15) is 34.0 Å². The molecule has 0 atom stereocenters. The van der Waals surface area contributed by atoms with Crippen LogP contribution in [-0.4, -0.2) is 25.8 Å². The number of hydrogen-bond donors (Lipinski definition) is 1. The zero-order valence-corrected chi connectivity index (χ0v) is 14.6. The van der Waals surface area contributed by atoms with Crippen molar-refractivity contribution in [1.82, 2.24) is 5.43 Å². The van der Waals surface area contributed by atoms with Gasteiger partial charge in [0.1, 0.15) is 11.5 Å². The van der Waals surface area contributed by atoms with Gasteiger partial charge in [0, 0.05) is 17.2 Å². The molecular formula is C19H22N2O3. The van der Waals surface area contributed by atoms with Crippen LogP contribution >= 0.6 is 0 Å². The monoisotopic (exact) mass is 326 g/mol. The van der Waals surface area contributed by atoms with E-state index in [0.29, 0.717) is 17.1 Å². The van der Waals surface area contributed by atoms with Crippen molar-refractivity contribution in [2.75, 3.05) is 14.2 Å². The molecular weight excluding hydrogens is 304 g/mol. The number of hydrogen-bond acceptors (Lipinski definition) is 4. The average molecular weight is 326 g/mol. The lowest BCUT2D eigenvalue weighted by molar-refractivity contribution is 0.0954. The predicted octanol–water partition coefficient (Wildman–Crippen LogP) is 3.47. The van der Waals surface area contributed by atoms with Gasteiger partial charge in [-0.1, -0.05) is 23.8 Å². The fraction of sp³-hybridized carbons (Fsp3) is 0.263. The molecule has 5 heteroatoms. The van der Waals surface area contributed by atoms with Crippen molar-refractivity contribution < 1.29 is 14.3 Å². The van der Waals surface area contributed by atoms with Gasteiger partial charge in [-0.15, -0.1) is 0 Å². The zero-order valence-electron chi connectivity index (χ0n) is 14.6. The quantitative estimate of drug-likeness (QED) is 0.676. The summed E-state index contributed by atoms with van der Waals surface area (Å²) in [4.78, 5) is 12.3. The van der Waals surface area contributed by atoms with Crippen LogP contribution in [0.3, 0.4) is 0 Å². The fourth-order valence-corrected chi connectivity index (χ4v) is 2.42. The molecule has 5 nitrogen and oxygen atoms in total. The number of ether oxygens (including phenoxy) is 2. The largest absolute Gasteiger partial charge is 0.497 e. The minimum absolute atomic E-state index is 0.323. The molecule has 0 fully saturated rings. The zero-order chi connectivity index (χ0) is 17.7. The molecule has 0 saturated carbocycles. The van der Waals surface area contributed by atoms with Crippen molar-refractivity contribution in [3.05, 3.63) is 58.7 Å². The van der Waals surface area contributed by atoms with Gasteiger partial charge < -0.3 is 9.47 Å². The first-order chi connectivity index (χ1) is 11.4. The average Bonchev–Trinajstić information content (AvgIpc) is 2.58. The molecule has 0 aliphatic rings. The van der Waals surface area contributed by atoms with Crippen LogP contribution < -0.4 is 14.9 Å². The number of amides is 1. The molecule has 0 aliphatic heterocycles. The normalized spacial score (nSPS) is 11.1. The number of rotatable bonds is 5. The first kappa shape index (κ1) is 17.5. The molecule has 1 amide bonds. The lowest BCUT2D eigenvalue weighted by atomic mass is 10.0. The summed E-state index contributed by atoms with van der Waals surface area (Å²) >= 11 is 0. The number of methoxy groups -OCH3 is 2. The van der Waals surface area contributed by atoms with Gasteiger partial charge in [0.25, 0.3) is 5.91 Å². The summed E-state index contributed by atoms with van der Waals surface area (Å²) in [5, 5.41) is 4.21. The molecule has 0 radical (unpaired) electrons. The molecule has 24 heavy (non-hydrogen) atoms. The molecule has 0 aliphatic carbocycles. The molecule has 2 rings (SSSR count). The number of carbonyl (C=O) groups is 1. The summed E-state index contributed by atoms with van der Waals surface area (Å²) in [5.41, 5.74) is 7.06. The van der Waals surface area contributed by atoms with Gasteiger partial charge >= 0.3 is 0 Å². The molecule has 2 aromatic carbocycles. The van der Waals surface area contributed by atoms with Gasteiger partial charge in [-0.05, 0) is 38.5 Å². The summed E-state index contributed by atoms with van der Waals surface area (Å²) in [6.07, 6.45) is 0. The van der Waals surface area contributed by atoms with Crippen LogP contribution in [0.4, 0.5) is 0 Å². The number of carbonyl (C=O) groups excluding carboxylic acids is 1. The Balaban J connectivity index is 2.20. The maximum atomic E-state index is 12.3. The predicted molar refractivity (Wildman–Crippen MR) is 95.1 cm³/mol. The van der Waals surface area contributed by atoms with Crippen LogP contribution in [0.2, 0.25) is 0 Å². The second kappa shape index (κ2) is 7.64. The maximum Gasteiger partial charge on any atom is 0.271 e. The van der Waals surface area contributed by atoms with Gasteiger partial charge in [0.05, 0.1) is 19.9 Å². The third-order valence-electron chi connectivity index (χ3n) is 3.71. The first-order valence-corrected chi connectivity index (χ1v) is 7.60. The Morgan fingerprint density at radius 1 is 1.00 bits per heavy atom. The van der Waals surface area contributed by atoms with E-state index >= 15 is 0 Å². The minimum atomic E-state index is -0.323. The van der Waals surface area contributed by atoms with Gasteiger partial charge in [0.15, 0.2) is 0 Å². The molecule has 126 valence electrons. The van der Waals surface area contributed by atoms with Crippen molar-refractivity contribution in [2.45, 2.75) is 20.8 Å². The van der Waals surface area contributed by atoms with Crippen molar-refractivity contribution in [3.63, 3.8) is 0 Å². The molecule has 1 N–H and O–H groups in total. The second-order valence-corrected chi connectivity index (χ2v) is 5.56. The van der Waals surface area contributed by atoms with Gasteiger partial charge in [0.2, 0.25) is 0 Å². The highest BCUT2D eigenvalue weighted by atomic mass is 16.5. The third-order valence-corrected chi connectivity index (χ3v) is 3.71. The Kier molecular flexibility index (Phi) is 5.58. The van der Waals surface area contributed by atoms with Crippen molar-refractivity contribution in [3.8, 4) is 11.5 Å². The van der Waals surface area contributed by atoms with Crippen LogP contribution in [0.25, 0.3) is 0 Å². The SMILES string of the molecule is COc1cc(OC)cc(C(=O)N/N=C(\C)c2ccc(C)cc2C)c1. The van der Waals surface area contributed by atoms with E-state index in [4.69, 9.17) is 9.47 Å². The van der Waals surface area contributed by atoms with E-state index < -0.39 is 0 Å². The summed E-state index contributed by atoms with van der Waals surface area (Å²) in [6, 6.07) is 11.1. The molecule has 0 spiro atoms. The van der Waals surface area contributed by atoms with Gasteiger partial charge in [-0.25, -0.2) is 5.43 Å². The lowest BCUT2D eigenvalue weighted by Gasteiger charge is -2.09. The van der Waals surface area contributed by atoms with E-state index in [9.17, 15) is 4.79 Å². The van der Waals surface area contributed by atoms with Crippen LogP contribution in [-0.2, 0) is 0 Å². The highest BCUT2D eigenvalue weighted by Crippen LogP contribution is 2.22. The van der Waals surface area contributed by atoms with Crippen molar-refractivity contribution >= 4 is 11.6 Å². The number of benzene rings is 2. The van der Waals surface area contributed by atoms with Crippen molar-refractivity contribution in [2.24, 2.45) is 5.10 Å². The number of hydrazone groups is 1. The standard InChI is InChI=1S/C19H22N2O3/c1-12-6-7-18(13(2)8-12)14(3)20-21-19(22)15-9-16(23-4)11-17(10-15)24-5/h6-11H,1-5H3,(H,21,22)/b20-14+. The van der Waals surface area contributed by atoms with E-state index in [1.54, 1.807) is 32.4 Å². The van der Waals surface area contributed by atoms with E-state index in [2.05, 4.69) is 16.6 Å². The number of aryl methyl sites for hydroxylation is 2. The Labute approximate surface area is 142 Å². The van der Waals surface area contributed by atoms with Crippen molar-refractivity contribution in [1.29, 1.82) is 0 Å². The number of nitrogens with one attached hydrogen (secondary N) is 1.